The lowest BCUT2D eigenvalue weighted by Gasteiger charge is -2.41. The number of rotatable bonds is 16. The molecule has 5 aromatic carbocycles. The highest BCUT2D eigenvalue weighted by molar-refractivity contribution is 7.86. The van der Waals surface area contributed by atoms with Crippen LogP contribution >= 0.6 is 0 Å². The second kappa shape index (κ2) is 37.4. The molecular weight excluding hydrogens is 1140 g/mol. The quantitative estimate of drug-likeness (QED) is 0.0308. The monoisotopic (exact) mass is 1230 g/mol. The molecule has 2 fully saturated rings. The Morgan fingerprint density at radius 1 is 0.621 bits per heavy atom. The summed E-state index contributed by atoms with van der Waals surface area (Å²) in [7, 11) is -6.78. The first-order valence-electron chi connectivity index (χ1n) is 27.1. The van der Waals surface area contributed by atoms with E-state index in [9.17, 15) is 45.6 Å². The van der Waals surface area contributed by atoms with Gasteiger partial charge in [0.1, 0.15) is 0 Å². The van der Waals surface area contributed by atoms with E-state index in [1.165, 1.54) is 22.6 Å². The standard InChI is InChI=1S/C23H24N2O2.C17H19NO5S.C10H7NO2.C7H9N.C7H12O3S.4CH4/c26-22(24-19-11-5-2-6-12-19)20-13-7-10-18-14-15-25(23(27)21(18)20)16-17-8-3-1-4-9-17;1-24(21,22)23-11-10-12-6-5-9-14-15(12)17(20)18(16(14)19)13-7-3-2-4-8-13;12-9-6-7-10(13)11(9)8-4-2-1-3-5-8;8-6-7-4-2-1-3-5-7;1-3-4-5-6-7-10-11(2,8)9;;;;/h1-12,18,20-21H,13-16H2,(H,24,26);2-8,12,14-15H,9-11H2,1H3;1-7H;1-5H,6,8H2;3-5H,1,6-7H2,2H3;4*1H4/b;;;;5-4+;;;;/t18-,20-,21+;12-,14?,15+;;;;;;;/m00......./s1. The molecule has 5 aliphatic rings. The van der Waals surface area contributed by atoms with Gasteiger partial charge < -0.3 is 16.0 Å². The summed E-state index contributed by atoms with van der Waals surface area (Å²) >= 11 is 0. The molecule has 3 N–H and O–H groups in total. The minimum atomic E-state index is -3.51. The summed E-state index contributed by atoms with van der Waals surface area (Å²) in [6, 6.07) is 47.2. The fourth-order valence-corrected chi connectivity index (χ4v) is 10.8. The zero-order valence-corrected chi connectivity index (χ0v) is 48.1. The number of hydrogen-bond donors (Lipinski definition) is 2. The van der Waals surface area contributed by atoms with E-state index in [4.69, 9.17) is 9.92 Å². The van der Waals surface area contributed by atoms with Crippen LogP contribution in [-0.4, -0.2) is 89.4 Å². The number of nitrogens with two attached hydrogens (primary N) is 1. The number of nitrogens with zero attached hydrogens (tertiary/aromatic N) is 3. The van der Waals surface area contributed by atoms with Crippen molar-refractivity contribution in [2.75, 3.05) is 47.4 Å². The maximum Gasteiger partial charge on any atom is 0.264 e. The molecule has 19 heteroatoms. The molecule has 0 spiro atoms. The summed E-state index contributed by atoms with van der Waals surface area (Å²) in [4.78, 5) is 78.4. The Morgan fingerprint density at radius 2 is 1.11 bits per heavy atom. The van der Waals surface area contributed by atoms with E-state index in [2.05, 4.69) is 28.2 Å². The lowest BCUT2D eigenvalue weighted by Crippen LogP contribution is -2.50. The Kier molecular flexibility index (Phi) is 32.2. The van der Waals surface area contributed by atoms with Crippen LogP contribution in [0.15, 0.2) is 213 Å². The summed E-state index contributed by atoms with van der Waals surface area (Å²) in [5.41, 5.74) is 9.63. The number of amides is 6. The molecule has 0 radical (unpaired) electrons. The van der Waals surface area contributed by atoms with Gasteiger partial charge in [-0.3, -0.25) is 42.0 Å². The van der Waals surface area contributed by atoms with Gasteiger partial charge in [-0.25, -0.2) is 4.90 Å². The van der Waals surface area contributed by atoms with Gasteiger partial charge in [-0.2, -0.15) is 16.8 Å². The molecule has 6 amide bonds. The first kappa shape index (κ1) is 74.9. The van der Waals surface area contributed by atoms with Crippen molar-refractivity contribution < 1.29 is 54.0 Å². The molecular formula is C68H87N5O12S2. The predicted molar refractivity (Wildman–Crippen MR) is 348 cm³/mol. The van der Waals surface area contributed by atoms with Crippen molar-refractivity contribution in [2.24, 2.45) is 41.2 Å². The number of likely N-dealkylation sites (tertiary alicyclic amines) is 1. The average Bonchev–Trinajstić information content (AvgIpc) is 1.94. The van der Waals surface area contributed by atoms with Crippen LogP contribution in [0.3, 0.4) is 0 Å². The highest BCUT2D eigenvalue weighted by Gasteiger charge is 2.51. The van der Waals surface area contributed by atoms with E-state index in [0.717, 1.165) is 41.6 Å². The van der Waals surface area contributed by atoms with Gasteiger partial charge in [0.15, 0.2) is 0 Å². The number of fused-ring (bicyclic) bond motifs is 2. The zero-order valence-electron chi connectivity index (χ0n) is 46.5. The molecule has 3 aliphatic heterocycles. The second-order valence-corrected chi connectivity index (χ2v) is 23.1. The van der Waals surface area contributed by atoms with Crippen molar-refractivity contribution >= 4 is 72.7 Å². The van der Waals surface area contributed by atoms with E-state index in [1.807, 2.05) is 120 Å². The molecule has 3 heterocycles. The normalized spacial score (nSPS) is 19.6. The van der Waals surface area contributed by atoms with Crippen LogP contribution in [0.5, 0.6) is 0 Å². The Morgan fingerprint density at radius 3 is 1.63 bits per heavy atom. The van der Waals surface area contributed by atoms with Crippen molar-refractivity contribution in [3.8, 4) is 0 Å². The maximum atomic E-state index is 13.2. The Hall–Kier alpha value is -8.20. The molecule has 0 aromatic heterocycles. The van der Waals surface area contributed by atoms with Crippen molar-refractivity contribution in [2.45, 2.75) is 74.9 Å². The van der Waals surface area contributed by atoms with Crippen LogP contribution in [0.2, 0.25) is 0 Å². The molecule has 0 bridgehead atoms. The smallest absolute Gasteiger partial charge is 0.264 e. The predicted octanol–water partition coefficient (Wildman–Crippen LogP) is 11.5. The van der Waals surface area contributed by atoms with Gasteiger partial charge in [-0.15, -0.1) is 0 Å². The van der Waals surface area contributed by atoms with Gasteiger partial charge in [0.05, 0.1) is 60.8 Å². The van der Waals surface area contributed by atoms with Gasteiger partial charge in [-0.05, 0) is 91.5 Å². The summed E-state index contributed by atoms with van der Waals surface area (Å²) < 4.78 is 52.2. The van der Waals surface area contributed by atoms with Gasteiger partial charge in [0, 0.05) is 37.5 Å². The summed E-state index contributed by atoms with van der Waals surface area (Å²) in [6.07, 6.45) is 20.7. The summed E-state index contributed by atoms with van der Waals surface area (Å²) in [5, 5.41) is 2.99. The largest absolute Gasteiger partial charge is 0.338 e. The fourth-order valence-electron chi connectivity index (χ4n) is 9.96. The highest BCUT2D eigenvalue weighted by atomic mass is 32.2. The number of allylic oxidation sites excluding steroid dienone is 6. The molecule has 2 aliphatic carbocycles. The molecule has 10 rings (SSSR count). The van der Waals surface area contributed by atoms with E-state index < -0.39 is 26.2 Å². The first-order valence-corrected chi connectivity index (χ1v) is 30.8. The summed E-state index contributed by atoms with van der Waals surface area (Å²) in [6.45, 7) is 5.66. The number of carbonyl (C=O) groups is 6. The number of hydrogen-bond acceptors (Lipinski definition) is 13. The third-order valence-corrected chi connectivity index (χ3v) is 15.0. The van der Waals surface area contributed by atoms with Gasteiger partial charge in [0.2, 0.25) is 23.6 Å². The van der Waals surface area contributed by atoms with Crippen molar-refractivity contribution in [1.29, 1.82) is 0 Å². The molecule has 0 saturated carbocycles. The van der Waals surface area contributed by atoms with E-state index >= 15 is 0 Å². The number of imide groups is 2. The van der Waals surface area contributed by atoms with Crippen LogP contribution in [-0.2, 0) is 70.5 Å². The fraction of sp³-hybridized carbons (Fsp3) is 0.324. The molecule has 2 saturated heterocycles. The zero-order chi connectivity index (χ0) is 59.8. The van der Waals surface area contributed by atoms with Crippen LogP contribution in [0.1, 0.15) is 72.9 Å². The Labute approximate surface area is 516 Å². The average molecular weight is 1230 g/mol. The third-order valence-electron chi connectivity index (χ3n) is 13.8. The number of para-hydroxylation sites is 3. The first-order chi connectivity index (χ1) is 39.9. The number of benzene rings is 5. The van der Waals surface area contributed by atoms with Crippen LogP contribution < -0.4 is 20.9 Å². The molecule has 1 unspecified atom stereocenters. The van der Waals surface area contributed by atoms with Gasteiger partial charge >= 0.3 is 0 Å². The lowest BCUT2D eigenvalue weighted by atomic mass is 9.71. The lowest BCUT2D eigenvalue weighted by molar-refractivity contribution is -0.147. The molecule has 468 valence electrons. The number of nitrogens with one attached hydrogen (secondary N) is 1. The maximum absolute atomic E-state index is 13.2. The Balaban J connectivity index is 0.000000392. The molecule has 5 aromatic rings. The minimum absolute atomic E-state index is 0. The topological polar surface area (TPSA) is 237 Å². The van der Waals surface area contributed by atoms with Crippen molar-refractivity contribution in [1.82, 2.24) is 4.90 Å². The molecule has 87 heavy (non-hydrogen) atoms. The summed E-state index contributed by atoms with van der Waals surface area (Å²) in [5.74, 6) is -2.38. The minimum Gasteiger partial charge on any atom is -0.338 e. The van der Waals surface area contributed by atoms with Crippen molar-refractivity contribution in [3.63, 3.8) is 0 Å². The number of anilines is 3. The van der Waals surface area contributed by atoms with Crippen LogP contribution in [0.4, 0.5) is 17.1 Å². The van der Waals surface area contributed by atoms with Crippen molar-refractivity contribution in [3.05, 3.63) is 224 Å². The number of carbonyl (C=O) groups excluding carboxylic acids is 6. The van der Waals surface area contributed by atoms with E-state index in [0.29, 0.717) is 50.1 Å². The van der Waals surface area contributed by atoms with Crippen LogP contribution in [0, 0.1) is 35.5 Å². The SMILES string of the molecule is C.C.C.C.C=C/C=C/CCOS(C)(=O)=O.CS(=O)(=O)OCC[C@@H]1C=CCC2C(=O)N(c3ccccc3)C(=O)[C@@H]21.NCc1ccccc1.O=C(Nc1ccccc1)[C@H]1CC=C[C@H]2CCN(Cc3ccccc3)C(=O)[C@@H]12.O=C1C=CC(=O)N1c1ccccc1. The highest BCUT2D eigenvalue weighted by Crippen LogP contribution is 2.42. The van der Waals surface area contributed by atoms with Crippen LogP contribution in [0.25, 0.3) is 0 Å². The van der Waals surface area contributed by atoms with Gasteiger partial charge in [-0.1, -0.05) is 194 Å². The molecule has 6 atom stereocenters. The van der Waals surface area contributed by atoms with Gasteiger partial charge in [0.25, 0.3) is 32.1 Å². The molecule has 17 nitrogen and oxygen atoms in total. The number of piperidine rings is 1. The Bertz CT molecular complexity index is 3310. The van der Waals surface area contributed by atoms with E-state index in [-0.39, 0.29) is 108 Å². The second-order valence-electron chi connectivity index (χ2n) is 19.8. The van der Waals surface area contributed by atoms with E-state index in [1.54, 1.807) is 66.8 Å². The third kappa shape index (κ3) is 23.2.